The maximum atomic E-state index is 13.9. The number of halogens is 1. The van der Waals surface area contributed by atoms with Crippen LogP contribution in [-0.4, -0.2) is 56.4 Å². The topological polar surface area (TPSA) is 69.3 Å². The average molecular weight is 336 g/mol. The van der Waals surface area contributed by atoms with E-state index in [4.69, 9.17) is 0 Å². The molecule has 6 nitrogen and oxygen atoms in total. The van der Waals surface area contributed by atoms with Gasteiger partial charge in [0.25, 0.3) is 0 Å². The molecular formula is C17H25FN4O2. The molecule has 2 amide bonds. The van der Waals surface area contributed by atoms with E-state index in [1.54, 1.807) is 18.0 Å². The van der Waals surface area contributed by atoms with E-state index in [9.17, 15) is 14.0 Å². The molecule has 3 heterocycles. The average Bonchev–Trinajstić information content (AvgIpc) is 3.11. The van der Waals surface area contributed by atoms with E-state index >= 15 is 0 Å². The van der Waals surface area contributed by atoms with Gasteiger partial charge in [-0.25, -0.2) is 9.37 Å². The molecule has 0 radical (unpaired) electrons. The van der Waals surface area contributed by atoms with Crippen molar-refractivity contribution in [2.45, 2.75) is 64.2 Å². The van der Waals surface area contributed by atoms with Gasteiger partial charge in [-0.15, -0.1) is 0 Å². The number of hydrogen-bond acceptors (Lipinski definition) is 3. The van der Waals surface area contributed by atoms with Crippen molar-refractivity contribution < 1.29 is 14.0 Å². The Bertz CT molecular complexity index is 632. The van der Waals surface area contributed by atoms with Gasteiger partial charge < -0.3 is 14.8 Å². The lowest BCUT2D eigenvalue weighted by molar-refractivity contribution is -0.155. The quantitative estimate of drug-likeness (QED) is 0.799. The Morgan fingerprint density at radius 2 is 1.96 bits per heavy atom. The van der Waals surface area contributed by atoms with E-state index in [0.717, 1.165) is 24.4 Å². The van der Waals surface area contributed by atoms with Gasteiger partial charge in [0, 0.05) is 25.3 Å². The molecule has 1 unspecified atom stereocenters. The largest absolute Gasteiger partial charge is 0.347 e. The number of aromatic amines is 1. The van der Waals surface area contributed by atoms with E-state index in [2.05, 4.69) is 9.97 Å². The van der Waals surface area contributed by atoms with Crippen molar-refractivity contribution in [3.05, 3.63) is 17.7 Å². The highest BCUT2D eigenvalue weighted by Crippen LogP contribution is 2.35. The van der Waals surface area contributed by atoms with Crippen LogP contribution in [0.4, 0.5) is 4.39 Å². The Kier molecular flexibility index (Phi) is 4.36. The first-order valence-electron chi connectivity index (χ1n) is 8.61. The van der Waals surface area contributed by atoms with Crippen LogP contribution in [0.5, 0.6) is 0 Å². The van der Waals surface area contributed by atoms with Gasteiger partial charge in [0.05, 0.1) is 11.7 Å². The minimum atomic E-state index is -1.24. The number of nitrogens with one attached hydrogen (secondary N) is 1. The van der Waals surface area contributed by atoms with E-state index in [-0.39, 0.29) is 24.9 Å². The maximum absolute atomic E-state index is 13.9. The molecule has 7 heteroatoms. The number of hydrogen-bond donors (Lipinski definition) is 1. The molecular weight excluding hydrogens is 311 g/mol. The number of imidazole rings is 1. The lowest BCUT2D eigenvalue weighted by Gasteiger charge is -2.35. The van der Waals surface area contributed by atoms with Crippen LogP contribution in [0.25, 0.3) is 0 Å². The standard InChI is InChI=1S/C17H25FN4O2/c1-11-10-19-14(20-11)13-5-4-12(2)22(13)16(24)15(23)21-8-6-17(3,18)7-9-21/h10,12-13H,4-9H2,1-3H3,(H,19,20)/t12-,13?/m0/s1. The van der Waals surface area contributed by atoms with Crippen molar-refractivity contribution in [3.8, 4) is 0 Å². The second-order valence-corrected chi connectivity index (χ2v) is 7.29. The lowest BCUT2D eigenvalue weighted by atomic mass is 9.95. The summed E-state index contributed by atoms with van der Waals surface area (Å²) in [4.78, 5) is 36.1. The second-order valence-electron chi connectivity index (χ2n) is 7.29. The molecule has 0 aromatic carbocycles. The van der Waals surface area contributed by atoms with Gasteiger partial charge in [0.2, 0.25) is 0 Å². The summed E-state index contributed by atoms with van der Waals surface area (Å²) in [5.41, 5.74) is -0.379. The fourth-order valence-corrected chi connectivity index (χ4v) is 3.62. The molecule has 2 atom stereocenters. The van der Waals surface area contributed by atoms with Gasteiger partial charge in [-0.1, -0.05) is 0 Å². The molecule has 2 aliphatic rings. The Morgan fingerprint density at radius 1 is 1.29 bits per heavy atom. The van der Waals surface area contributed by atoms with E-state index in [1.165, 1.54) is 4.90 Å². The summed E-state index contributed by atoms with van der Waals surface area (Å²) >= 11 is 0. The van der Waals surface area contributed by atoms with Crippen LogP contribution in [0.2, 0.25) is 0 Å². The number of carbonyl (C=O) groups excluding carboxylic acids is 2. The third-order valence-corrected chi connectivity index (χ3v) is 5.22. The highest BCUT2D eigenvalue weighted by Gasteiger charge is 2.42. The van der Waals surface area contributed by atoms with E-state index in [1.807, 2.05) is 13.8 Å². The van der Waals surface area contributed by atoms with Crippen molar-refractivity contribution >= 4 is 11.8 Å². The molecule has 2 fully saturated rings. The number of alkyl halides is 1. The zero-order valence-corrected chi connectivity index (χ0v) is 14.5. The Hall–Kier alpha value is -1.92. The number of H-pyrrole nitrogens is 1. The number of aromatic nitrogens is 2. The van der Waals surface area contributed by atoms with Crippen molar-refractivity contribution in [3.63, 3.8) is 0 Å². The fourth-order valence-electron chi connectivity index (χ4n) is 3.62. The summed E-state index contributed by atoms with van der Waals surface area (Å²) in [5, 5.41) is 0. The van der Waals surface area contributed by atoms with Gasteiger partial charge in [-0.2, -0.15) is 0 Å². The molecule has 1 N–H and O–H groups in total. The highest BCUT2D eigenvalue weighted by molar-refractivity contribution is 6.35. The van der Waals surface area contributed by atoms with Crippen molar-refractivity contribution in [2.24, 2.45) is 0 Å². The summed E-state index contributed by atoms with van der Waals surface area (Å²) in [6.07, 6.45) is 3.99. The maximum Gasteiger partial charge on any atom is 0.312 e. The third-order valence-electron chi connectivity index (χ3n) is 5.22. The molecule has 0 spiro atoms. The van der Waals surface area contributed by atoms with Crippen LogP contribution in [0.1, 0.15) is 57.1 Å². The van der Waals surface area contributed by atoms with Gasteiger partial charge in [0.1, 0.15) is 11.5 Å². The zero-order valence-electron chi connectivity index (χ0n) is 14.5. The van der Waals surface area contributed by atoms with E-state index < -0.39 is 17.5 Å². The predicted octanol–water partition coefficient (Wildman–Crippen LogP) is 2.12. The molecule has 2 aliphatic heterocycles. The van der Waals surface area contributed by atoms with Crippen LogP contribution >= 0.6 is 0 Å². The molecule has 0 aliphatic carbocycles. The number of amides is 2. The summed E-state index contributed by atoms with van der Waals surface area (Å²) in [6.45, 7) is 5.98. The Balaban J connectivity index is 1.73. The number of rotatable bonds is 1. The van der Waals surface area contributed by atoms with Crippen LogP contribution in [0.3, 0.4) is 0 Å². The van der Waals surface area contributed by atoms with Crippen molar-refractivity contribution in [1.82, 2.24) is 19.8 Å². The molecule has 132 valence electrons. The Morgan fingerprint density at radius 3 is 2.54 bits per heavy atom. The first-order chi connectivity index (χ1) is 11.3. The molecule has 0 saturated carbocycles. The summed E-state index contributed by atoms with van der Waals surface area (Å²) in [5.74, 6) is -0.290. The summed E-state index contributed by atoms with van der Waals surface area (Å²) < 4.78 is 13.9. The monoisotopic (exact) mass is 336 g/mol. The minimum absolute atomic E-state index is 0.00640. The number of carbonyl (C=O) groups is 2. The Labute approximate surface area is 141 Å². The third kappa shape index (κ3) is 3.16. The summed E-state index contributed by atoms with van der Waals surface area (Å²) in [6, 6.07) is -0.200. The molecule has 1 aromatic rings. The van der Waals surface area contributed by atoms with Crippen LogP contribution < -0.4 is 0 Å². The van der Waals surface area contributed by atoms with Crippen molar-refractivity contribution in [1.29, 1.82) is 0 Å². The zero-order chi connectivity index (χ0) is 17.5. The van der Waals surface area contributed by atoms with Gasteiger partial charge in [0.15, 0.2) is 0 Å². The molecule has 1 aromatic heterocycles. The number of likely N-dealkylation sites (tertiary alicyclic amines) is 2. The summed E-state index contributed by atoms with van der Waals surface area (Å²) in [7, 11) is 0. The van der Waals surface area contributed by atoms with Gasteiger partial charge >= 0.3 is 11.8 Å². The normalized spacial score (nSPS) is 26.7. The number of nitrogens with zero attached hydrogens (tertiary/aromatic N) is 3. The SMILES string of the molecule is Cc1c[nH]c(C2CC[C@H](C)N2C(=O)C(=O)N2CCC(C)(F)CC2)n1. The number of piperidine rings is 1. The lowest BCUT2D eigenvalue weighted by Crippen LogP contribution is -2.51. The molecule has 24 heavy (non-hydrogen) atoms. The molecule has 0 bridgehead atoms. The fraction of sp³-hybridized carbons (Fsp3) is 0.706. The van der Waals surface area contributed by atoms with Crippen LogP contribution in [-0.2, 0) is 9.59 Å². The van der Waals surface area contributed by atoms with Gasteiger partial charge in [-0.3, -0.25) is 9.59 Å². The predicted molar refractivity (Wildman–Crippen MR) is 86.9 cm³/mol. The minimum Gasteiger partial charge on any atom is -0.347 e. The molecule has 2 saturated heterocycles. The highest BCUT2D eigenvalue weighted by atomic mass is 19.1. The van der Waals surface area contributed by atoms with Crippen LogP contribution in [0, 0.1) is 6.92 Å². The van der Waals surface area contributed by atoms with E-state index in [0.29, 0.717) is 13.1 Å². The molecule has 3 rings (SSSR count). The second kappa shape index (κ2) is 6.18. The number of aryl methyl sites for hydroxylation is 1. The first-order valence-corrected chi connectivity index (χ1v) is 8.61. The van der Waals surface area contributed by atoms with Crippen molar-refractivity contribution in [2.75, 3.05) is 13.1 Å². The smallest absolute Gasteiger partial charge is 0.312 e. The van der Waals surface area contributed by atoms with Crippen LogP contribution in [0.15, 0.2) is 6.20 Å². The first kappa shape index (κ1) is 16.9. The van der Waals surface area contributed by atoms with Gasteiger partial charge in [-0.05, 0) is 46.5 Å².